The summed E-state index contributed by atoms with van der Waals surface area (Å²) in [4.78, 5) is 42.5. The Morgan fingerprint density at radius 2 is 2.06 bits per heavy atom. The lowest BCUT2D eigenvalue weighted by Crippen LogP contribution is -2.44. The van der Waals surface area contributed by atoms with Crippen molar-refractivity contribution < 1.29 is 24.2 Å². The van der Waals surface area contributed by atoms with Crippen LogP contribution in [0, 0.1) is 0 Å². The van der Waals surface area contributed by atoms with Crippen molar-refractivity contribution in [2.45, 2.75) is 39.0 Å². The van der Waals surface area contributed by atoms with E-state index < -0.39 is 17.5 Å². The van der Waals surface area contributed by atoms with Gasteiger partial charge in [-0.05, 0) is 37.1 Å². The standard InChI is InChI=1S/C25H22N2O6/c1-3-25(31)18-11-20-22-16(12-27(20)23(29)17(18)13-33-24(25)30)14(9-10-21(28)32-4-2)15-7-5-6-8-19(15)26-22/h5-11,31H,3-4,12-13H2,1-2H3/b10-9+/t25-/m0/s1. The highest BCUT2D eigenvalue weighted by atomic mass is 16.6. The van der Waals surface area contributed by atoms with Gasteiger partial charge in [-0.15, -0.1) is 0 Å². The number of aliphatic hydroxyl groups is 1. The molecule has 8 nitrogen and oxygen atoms in total. The molecular weight excluding hydrogens is 424 g/mol. The van der Waals surface area contributed by atoms with Gasteiger partial charge < -0.3 is 19.1 Å². The molecule has 0 saturated carbocycles. The van der Waals surface area contributed by atoms with Gasteiger partial charge in [0.15, 0.2) is 5.60 Å². The van der Waals surface area contributed by atoms with Gasteiger partial charge in [0.25, 0.3) is 5.56 Å². The minimum atomic E-state index is -1.88. The Hall–Kier alpha value is -3.78. The van der Waals surface area contributed by atoms with E-state index in [1.54, 1.807) is 30.6 Å². The van der Waals surface area contributed by atoms with Gasteiger partial charge in [-0.1, -0.05) is 25.1 Å². The smallest absolute Gasteiger partial charge is 0.343 e. The zero-order valence-electron chi connectivity index (χ0n) is 18.3. The number of esters is 2. The van der Waals surface area contributed by atoms with Crippen LogP contribution in [0.4, 0.5) is 0 Å². The summed E-state index contributed by atoms with van der Waals surface area (Å²) in [7, 11) is 0. The molecule has 0 unspecified atom stereocenters. The number of aromatic nitrogens is 2. The molecule has 0 fully saturated rings. The Morgan fingerprint density at radius 1 is 1.27 bits per heavy atom. The van der Waals surface area contributed by atoms with Gasteiger partial charge in [0.05, 0.1) is 35.6 Å². The number of hydrogen-bond donors (Lipinski definition) is 1. The lowest BCUT2D eigenvalue weighted by Gasteiger charge is -2.31. The van der Waals surface area contributed by atoms with E-state index in [0.717, 1.165) is 16.5 Å². The number of cyclic esters (lactones) is 1. The number of nitrogens with zero attached hydrogens (tertiary/aromatic N) is 2. The zero-order chi connectivity index (χ0) is 23.3. The van der Waals surface area contributed by atoms with Crippen molar-refractivity contribution in [1.29, 1.82) is 0 Å². The minimum Gasteiger partial charge on any atom is -0.463 e. The van der Waals surface area contributed by atoms with Crippen LogP contribution in [0.5, 0.6) is 0 Å². The number of carbonyl (C=O) groups is 2. The third-order valence-corrected chi connectivity index (χ3v) is 6.31. The van der Waals surface area contributed by atoms with Gasteiger partial charge in [-0.3, -0.25) is 4.79 Å². The number of para-hydroxylation sites is 1. The maximum absolute atomic E-state index is 13.4. The van der Waals surface area contributed by atoms with Crippen LogP contribution in [0.25, 0.3) is 28.4 Å². The normalized spacial score (nSPS) is 18.7. The molecule has 1 aromatic carbocycles. The molecule has 2 aliphatic rings. The van der Waals surface area contributed by atoms with E-state index in [4.69, 9.17) is 14.5 Å². The summed E-state index contributed by atoms with van der Waals surface area (Å²) in [6, 6.07) is 9.19. The first kappa shape index (κ1) is 21.1. The van der Waals surface area contributed by atoms with E-state index in [9.17, 15) is 19.5 Å². The maximum Gasteiger partial charge on any atom is 0.343 e. The first-order valence-electron chi connectivity index (χ1n) is 10.8. The first-order chi connectivity index (χ1) is 15.9. The Morgan fingerprint density at radius 3 is 2.82 bits per heavy atom. The highest BCUT2D eigenvalue weighted by Gasteiger charge is 2.45. The SMILES string of the molecule is CCOC(=O)/C=C/c1c2c(nc3ccccc13)-c1cc3c(c(=O)n1C2)COC(=O)[C@]3(O)CC. The van der Waals surface area contributed by atoms with E-state index in [1.807, 2.05) is 24.3 Å². The van der Waals surface area contributed by atoms with Crippen molar-refractivity contribution in [3.05, 3.63) is 69.0 Å². The van der Waals surface area contributed by atoms with Crippen LogP contribution in [0.3, 0.4) is 0 Å². The molecule has 2 aromatic heterocycles. The Balaban J connectivity index is 1.76. The van der Waals surface area contributed by atoms with Crippen LogP contribution in [0.2, 0.25) is 0 Å². The van der Waals surface area contributed by atoms with Gasteiger partial charge in [0.1, 0.15) is 6.61 Å². The molecule has 0 aliphatic carbocycles. The van der Waals surface area contributed by atoms with Crippen LogP contribution in [-0.2, 0) is 37.8 Å². The number of benzene rings is 1. The predicted molar refractivity (Wildman–Crippen MR) is 120 cm³/mol. The van der Waals surface area contributed by atoms with E-state index in [0.29, 0.717) is 16.9 Å². The average Bonchev–Trinajstić information content (AvgIpc) is 3.18. The summed E-state index contributed by atoms with van der Waals surface area (Å²) in [5.74, 6) is -1.22. The minimum absolute atomic E-state index is 0.0766. The van der Waals surface area contributed by atoms with Crippen LogP contribution < -0.4 is 5.56 Å². The number of rotatable bonds is 4. The maximum atomic E-state index is 13.4. The van der Waals surface area contributed by atoms with Crippen molar-refractivity contribution in [1.82, 2.24) is 9.55 Å². The van der Waals surface area contributed by atoms with Gasteiger partial charge in [-0.2, -0.15) is 0 Å². The molecule has 0 spiro atoms. The second kappa shape index (κ2) is 7.67. The van der Waals surface area contributed by atoms with Gasteiger partial charge in [0.2, 0.25) is 0 Å². The van der Waals surface area contributed by atoms with Gasteiger partial charge in [-0.25, -0.2) is 14.6 Å². The fourth-order valence-electron chi connectivity index (χ4n) is 4.59. The van der Waals surface area contributed by atoms with Crippen LogP contribution in [0.1, 0.15) is 42.5 Å². The van der Waals surface area contributed by atoms with E-state index in [1.165, 1.54) is 6.08 Å². The summed E-state index contributed by atoms with van der Waals surface area (Å²) in [6.45, 7) is 3.74. The third kappa shape index (κ3) is 3.09. The summed E-state index contributed by atoms with van der Waals surface area (Å²) in [5, 5.41) is 11.9. The fourth-order valence-corrected chi connectivity index (χ4v) is 4.59. The van der Waals surface area contributed by atoms with Gasteiger partial charge in [0, 0.05) is 22.6 Å². The Labute approximate surface area is 189 Å². The molecule has 0 bridgehead atoms. The van der Waals surface area contributed by atoms with E-state index in [2.05, 4.69) is 0 Å². The summed E-state index contributed by atoms with van der Waals surface area (Å²) in [5.41, 5.74) is 1.67. The molecule has 3 aromatic rings. The monoisotopic (exact) mass is 446 g/mol. The van der Waals surface area contributed by atoms with E-state index in [-0.39, 0.29) is 42.9 Å². The largest absolute Gasteiger partial charge is 0.463 e. The Kier molecular flexibility index (Phi) is 4.90. The van der Waals surface area contributed by atoms with Crippen molar-refractivity contribution in [3.8, 4) is 11.4 Å². The van der Waals surface area contributed by atoms with Crippen LogP contribution >= 0.6 is 0 Å². The molecule has 2 aliphatic heterocycles. The molecule has 4 heterocycles. The van der Waals surface area contributed by atoms with Crippen molar-refractivity contribution in [2.24, 2.45) is 0 Å². The van der Waals surface area contributed by atoms with Crippen LogP contribution in [0.15, 0.2) is 41.2 Å². The second-order valence-electron chi connectivity index (χ2n) is 8.06. The fraction of sp³-hybridized carbons (Fsp3) is 0.280. The number of carbonyl (C=O) groups excluding carboxylic acids is 2. The molecule has 5 rings (SSSR count). The third-order valence-electron chi connectivity index (χ3n) is 6.31. The molecule has 1 N–H and O–H groups in total. The highest BCUT2D eigenvalue weighted by Crippen LogP contribution is 2.40. The zero-order valence-corrected chi connectivity index (χ0v) is 18.3. The second-order valence-corrected chi connectivity index (χ2v) is 8.06. The van der Waals surface area contributed by atoms with E-state index >= 15 is 0 Å². The number of fused-ring (bicyclic) bond motifs is 5. The first-order valence-corrected chi connectivity index (χ1v) is 10.8. The number of hydrogen-bond acceptors (Lipinski definition) is 7. The molecule has 0 radical (unpaired) electrons. The lowest BCUT2D eigenvalue weighted by molar-refractivity contribution is -0.172. The quantitative estimate of drug-likeness (QED) is 0.379. The van der Waals surface area contributed by atoms with Crippen molar-refractivity contribution >= 4 is 28.9 Å². The molecule has 1 atom stereocenters. The lowest BCUT2D eigenvalue weighted by atomic mass is 9.86. The Bertz CT molecular complexity index is 1420. The molecule has 0 saturated heterocycles. The predicted octanol–water partition coefficient (Wildman–Crippen LogP) is 2.66. The molecule has 168 valence electrons. The summed E-state index contributed by atoms with van der Waals surface area (Å²) in [6.07, 6.45) is 3.13. The summed E-state index contributed by atoms with van der Waals surface area (Å²) < 4.78 is 11.7. The molecular formula is C25H22N2O6. The van der Waals surface area contributed by atoms with Gasteiger partial charge >= 0.3 is 11.9 Å². The molecule has 0 amide bonds. The molecule has 33 heavy (non-hydrogen) atoms. The van der Waals surface area contributed by atoms with Crippen molar-refractivity contribution in [2.75, 3.05) is 6.61 Å². The highest BCUT2D eigenvalue weighted by molar-refractivity contribution is 5.97. The summed E-state index contributed by atoms with van der Waals surface area (Å²) >= 11 is 0. The van der Waals surface area contributed by atoms with Crippen molar-refractivity contribution in [3.63, 3.8) is 0 Å². The number of pyridine rings is 2. The average molecular weight is 446 g/mol. The molecule has 8 heteroatoms. The topological polar surface area (TPSA) is 108 Å². The van der Waals surface area contributed by atoms with Crippen LogP contribution in [-0.4, -0.2) is 33.2 Å². The number of ether oxygens (including phenoxy) is 2.